The first-order valence-corrected chi connectivity index (χ1v) is 6.66. The number of para-hydroxylation sites is 1. The largest absolute Gasteiger partial charge is 0.458 e. The number of fused-ring (bicyclic) bond motifs is 1. The molecular weight excluding hydrogens is 323 g/mol. The molecule has 0 spiro atoms. The van der Waals surface area contributed by atoms with Gasteiger partial charge in [0.05, 0.1) is 10.5 Å². The van der Waals surface area contributed by atoms with E-state index in [-0.39, 0.29) is 12.8 Å². The van der Waals surface area contributed by atoms with E-state index in [0.29, 0.717) is 11.3 Å². The lowest BCUT2D eigenvalue weighted by molar-refractivity contribution is -0.135. The molecular formula is C13H13BrF3NO. The minimum atomic E-state index is -4.13. The molecule has 0 radical (unpaired) electrons. The molecule has 0 fully saturated rings. The number of nitrogens with two attached hydrogens (primary N) is 1. The Bertz CT molecular complexity index is 565. The zero-order valence-corrected chi connectivity index (χ0v) is 11.6. The predicted octanol–water partition coefficient (Wildman–Crippen LogP) is 4.93. The van der Waals surface area contributed by atoms with Crippen molar-refractivity contribution in [3.05, 3.63) is 34.5 Å². The Balaban J connectivity index is 2.05. The minimum absolute atomic E-state index is 0.00286. The molecule has 0 saturated heterocycles. The summed E-state index contributed by atoms with van der Waals surface area (Å²) in [5.41, 5.74) is 6.53. The number of alkyl halides is 3. The minimum Gasteiger partial charge on any atom is -0.458 e. The standard InChI is InChI=1S/C13H13BrF3NO/c14-9-4-1-3-8-7-11(19-12(8)9)10(18)5-2-6-13(15,16)17/h1,3-4,7,10H,2,5-6,18H2. The molecule has 6 heteroatoms. The van der Waals surface area contributed by atoms with Crippen LogP contribution in [0.25, 0.3) is 11.0 Å². The second-order valence-electron chi connectivity index (χ2n) is 4.42. The summed E-state index contributed by atoms with van der Waals surface area (Å²) in [5.74, 6) is 0.518. The van der Waals surface area contributed by atoms with E-state index in [1.165, 1.54) is 0 Å². The molecule has 2 N–H and O–H groups in total. The van der Waals surface area contributed by atoms with Gasteiger partial charge in [0.15, 0.2) is 0 Å². The highest BCUT2D eigenvalue weighted by Gasteiger charge is 2.26. The predicted molar refractivity (Wildman–Crippen MR) is 70.7 cm³/mol. The molecule has 0 amide bonds. The Hall–Kier alpha value is -1.01. The first kappa shape index (κ1) is 14.4. The third-order valence-corrected chi connectivity index (χ3v) is 3.48. The van der Waals surface area contributed by atoms with E-state index in [4.69, 9.17) is 10.2 Å². The summed E-state index contributed by atoms with van der Waals surface area (Å²) in [5, 5.41) is 0.885. The Morgan fingerprint density at radius 1 is 1.32 bits per heavy atom. The molecule has 0 aliphatic carbocycles. The van der Waals surface area contributed by atoms with Gasteiger partial charge in [-0.2, -0.15) is 13.2 Å². The molecule has 1 atom stereocenters. The van der Waals surface area contributed by atoms with E-state index < -0.39 is 18.6 Å². The maximum Gasteiger partial charge on any atom is 0.389 e. The summed E-state index contributed by atoms with van der Waals surface area (Å²) in [6.45, 7) is 0. The molecule has 0 aliphatic heterocycles. The second-order valence-corrected chi connectivity index (χ2v) is 5.28. The van der Waals surface area contributed by atoms with Crippen molar-refractivity contribution in [2.45, 2.75) is 31.5 Å². The van der Waals surface area contributed by atoms with Crippen LogP contribution in [-0.4, -0.2) is 6.18 Å². The van der Waals surface area contributed by atoms with Gasteiger partial charge in [-0.1, -0.05) is 12.1 Å². The van der Waals surface area contributed by atoms with E-state index in [9.17, 15) is 13.2 Å². The van der Waals surface area contributed by atoms with Crippen molar-refractivity contribution in [3.63, 3.8) is 0 Å². The molecule has 19 heavy (non-hydrogen) atoms. The molecule has 0 aliphatic rings. The maximum absolute atomic E-state index is 12.1. The normalized spacial score (nSPS) is 13.9. The average molecular weight is 336 g/mol. The summed E-state index contributed by atoms with van der Waals surface area (Å²) in [7, 11) is 0. The number of hydrogen-bond donors (Lipinski definition) is 1. The van der Waals surface area contributed by atoms with Gasteiger partial charge in [0.2, 0.25) is 0 Å². The molecule has 104 valence electrons. The van der Waals surface area contributed by atoms with Gasteiger partial charge in [-0.15, -0.1) is 0 Å². The van der Waals surface area contributed by atoms with Crippen LogP contribution in [0.1, 0.15) is 31.1 Å². The van der Waals surface area contributed by atoms with Crippen LogP contribution in [0.5, 0.6) is 0 Å². The Morgan fingerprint density at radius 2 is 2.05 bits per heavy atom. The topological polar surface area (TPSA) is 39.2 Å². The number of benzene rings is 1. The number of furan rings is 1. The molecule has 1 aromatic carbocycles. The van der Waals surface area contributed by atoms with Gasteiger partial charge >= 0.3 is 6.18 Å². The summed E-state index contributed by atoms with van der Waals surface area (Å²) in [6.07, 6.45) is -4.69. The van der Waals surface area contributed by atoms with Crippen LogP contribution in [-0.2, 0) is 0 Å². The van der Waals surface area contributed by atoms with E-state index in [1.54, 1.807) is 6.07 Å². The van der Waals surface area contributed by atoms with E-state index in [1.807, 2.05) is 18.2 Å². The molecule has 2 nitrogen and oxygen atoms in total. The van der Waals surface area contributed by atoms with Gasteiger partial charge in [0.1, 0.15) is 11.3 Å². The van der Waals surface area contributed by atoms with Crippen LogP contribution in [0.3, 0.4) is 0 Å². The summed E-state index contributed by atoms with van der Waals surface area (Å²) >= 11 is 3.35. The molecule has 0 bridgehead atoms. The zero-order chi connectivity index (χ0) is 14.0. The van der Waals surface area contributed by atoms with Gasteiger partial charge in [-0.05, 0) is 40.9 Å². The van der Waals surface area contributed by atoms with Crippen molar-refractivity contribution in [2.24, 2.45) is 5.73 Å². The fourth-order valence-electron chi connectivity index (χ4n) is 1.89. The molecule has 0 saturated carbocycles. The number of halogens is 4. The molecule has 1 unspecified atom stereocenters. The van der Waals surface area contributed by atoms with Crippen molar-refractivity contribution in [3.8, 4) is 0 Å². The fourth-order valence-corrected chi connectivity index (χ4v) is 2.36. The Morgan fingerprint density at radius 3 is 2.68 bits per heavy atom. The Labute approximate surface area is 116 Å². The monoisotopic (exact) mass is 335 g/mol. The van der Waals surface area contributed by atoms with Crippen LogP contribution in [0.15, 0.2) is 33.2 Å². The lowest BCUT2D eigenvalue weighted by atomic mass is 10.1. The average Bonchev–Trinajstić information content (AvgIpc) is 2.72. The summed E-state index contributed by atoms with van der Waals surface area (Å²) < 4.78 is 42.6. The lowest BCUT2D eigenvalue weighted by Gasteiger charge is -2.09. The van der Waals surface area contributed by atoms with E-state index >= 15 is 0 Å². The van der Waals surface area contributed by atoms with Crippen molar-refractivity contribution < 1.29 is 17.6 Å². The van der Waals surface area contributed by atoms with Crippen molar-refractivity contribution in [2.75, 3.05) is 0 Å². The van der Waals surface area contributed by atoms with Crippen molar-refractivity contribution in [1.82, 2.24) is 0 Å². The Kier molecular flexibility index (Phi) is 4.20. The quantitative estimate of drug-likeness (QED) is 0.860. The summed E-state index contributed by atoms with van der Waals surface area (Å²) in [6, 6.07) is 6.83. The van der Waals surface area contributed by atoms with Crippen LogP contribution >= 0.6 is 15.9 Å². The van der Waals surface area contributed by atoms with Gasteiger partial charge in [-0.3, -0.25) is 0 Å². The highest BCUT2D eigenvalue weighted by Crippen LogP contribution is 2.31. The highest BCUT2D eigenvalue weighted by molar-refractivity contribution is 9.10. The zero-order valence-electron chi connectivity index (χ0n) is 10.0. The fraction of sp³-hybridized carbons (Fsp3) is 0.385. The second kappa shape index (κ2) is 5.54. The SMILES string of the molecule is NC(CCCC(F)(F)F)c1cc2cccc(Br)c2o1. The molecule has 1 heterocycles. The van der Waals surface area contributed by atoms with Crippen LogP contribution in [0.4, 0.5) is 13.2 Å². The van der Waals surface area contributed by atoms with Crippen LogP contribution < -0.4 is 5.73 Å². The van der Waals surface area contributed by atoms with Crippen molar-refractivity contribution >= 4 is 26.9 Å². The molecule has 2 rings (SSSR count). The van der Waals surface area contributed by atoms with Crippen LogP contribution in [0.2, 0.25) is 0 Å². The number of hydrogen-bond acceptors (Lipinski definition) is 2. The highest BCUT2D eigenvalue weighted by atomic mass is 79.9. The third kappa shape index (κ3) is 3.73. The molecule has 1 aromatic heterocycles. The summed E-state index contributed by atoms with van der Waals surface area (Å²) in [4.78, 5) is 0. The van der Waals surface area contributed by atoms with Crippen LogP contribution in [0, 0.1) is 0 Å². The van der Waals surface area contributed by atoms with Crippen molar-refractivity contribution in [1.29, 1.82) is 0 Å². The smallest absolute Gasteiger partial charge is 0.389 e. The third-order valence-electron chi connectivity index (χ3n) is 2.86. The van der Waals surface area contributed by atoms with Gasteiger partial charge in [0, 0.05) is 11.8 Å². The van der Waals surface area contributed by atoms with Gasteiger partial charge in [0.25, 0.3) is 0 Å². The van der Waals surface area contributed by atoms with E-state index in [2.05, 4.69) is 15.9 Å². The number of rotatable bonds is 4. The van der Waals surface area contributed by atoms with Gasteiger partial charge in [-0.25, -0.2) is 0 Å². The first-order valence-electron chi connectivity index (χ1n) is 5.87. The maximum atomic E-state index is 12.1. The first-order chi connectivity index (χ1) is 8.87. The van der Waals surface area contributed by atoms with E-state index in [0.717, 1.165) is 9.86 Å². The van der Waals surface area contributed by atoms with Gasteiger partial charge < -0.3 is 10.2 Å². The lowest BCUT2D eigenvalue weighted by Crippen LogP contribution is -2.12. The molecule has 2 aromatic rings.